The Morgan fingerprint density at radius 2 is 1.93 bits per heavy atom. The maximum Gasteiger partial charge on any atom is 0.387 e. The molecular formula is C21H23Br2F2NO2. The van der Waals surface area contributed by atoms with Gasteiger partial charge in [0.15, 0.2) is 0 Å². The predicted octanol–water partition coefficient (Wildman–Crippen LogP) is 6.30. The van der Waals surface area contributed by atoms with Gasteiger partial charge in [-0.2, -0.15) is 8.78 Å². The zero-order chi connectivity index (χ0) is 20.1. The standard InChI is InChI=1S/C21H23Br2F2NO2/c1-14-7-8-15(19(23)10-14)11-26(13-17-5-3-9-27-17)12-16-4-2-6-18(22)20(16)28-21(24)25/h2,4,6-8,10,17,21H,3,5,9,11-13H2,1H3. The summed E-state index contributed by atoms with van der Waals surface area (Å²) < 4.78 is 38.0. The van der Waals surface area contributed by atoms with Crippen molar-refractivity contribution in [3.63, 3.8) is 0 Å². The lowest BCUT2D eigenvalue weighted by molar-refractivity contribution is -0.0514. The van der Waals surface area contributed by atoms with E-state index >= 15 is 0 Å². The molecule has 0 bridgehead atoms. The first-order chi connectivity index (χ1) is 13.4. The van der Waals surface area contributed by atoms with Crippen molar-refractivity contribution >= 4 is 31.9 Å². The van der Waals surface area contributed by atoms with Gasteiger partial charge in [0.1, 0.15) is 5.75 Å². The van der Waals surface area contributed by atoms with E-state index in [4.69, 9.17) is 9.47 Å². The van der Waals surface area contributed by atoms with Gasteiger partial charge in [0.25, 0.3) is 0 Å². The van der Waals surface area contributed by atoms with Crippen molar-refractivity contribution in [1.29, 1.82) is 0 Å². The summed E-state index contributed by atoms with van der Waals surface area (Å²) in [6, 6.07) is 11.6. The molecule has 0 aliphatic carbocycles. The van der Waals surface area contributed by atoms with E-state index in [1.165, 1.54) is 5.56 Å². The molecule has 2 aromatic rings. The van der Waals surface area contributed by atoms with E-state index in [1.54, 1.807) is 6.07 Å². The number of para-hydroxylation sites is 1. The molecular weight excluding hydrogens is 496 g/mol. The van der Waals surface area contributed by atoms with Gasteiger partial charge in [-0.1, -0.05) is 40.2 Å². The van der Waals surface area contributed by atoms with Crippen LogP contribution >= 0.6 is 31.9 Å². The van der Waals surface area contributed by atoms with Gasteiger partial charge < -0.3 is 9.47 Å². The zero-order valence-corrected chi connectivity index (χ0v) is 18.8. The SMILES string of the molecule is Cc1ccc(CN(Cc2cccc(Br)c2OC(F)F)CC2CCCO2)c(Br)c1. The quantitative estimate of drug-likeness (QED) is 0.409. The second-order valence-corrected chi connectivity index (χ2v) is 8.71. The predicted molar refractivity (Wildman–Crippen MR) is 113 cm³/mol. The Balaban J connectivity index is 1.83. The monoisotopic (exact) mass is 517 g/mol. The first-order valence-electron chi connectivity index (χ1n) is 9.23. The lowest BCUT2D eigenvalue weighted by Gasteiger charge is -2.27. The first kappa shape index (κ1) is 21.7. The van der Waals surface area contributed by atoms with Crippen LogP contribution in [0.15, 0.2) is 45.3 Å². The summed E-state index contributed by atoms with van der Waals surface area (Å²) in [6.45, 7) is 1.87. The highest BCUT2D eigenvalue weighted by atomic mass is 79.9. The van der Waals surface area contributed by atoms with Crippen molar-refractivity contribution in [3.8, 4) is 5.75 Å². The summed E-state index contributed by atoms with van der Waals surface area (Å²) in [4.78, 5) is 2.23. The molecule has 1 fully saturated rings. The number of ether oxygens (including phenoxy) is 2. The number of rotatable bonds is 8. The van der Waals surface area contributed by atoms with Gasteiger partial charge in [-0.3, -0.25) is 4.90 Å². The molecule has 1 heterocycles. The number of alkyl halides is 2. The summed E-state index contributed by atoms with van der Waals surface area (Å²) >= 11 is 6.97. The first-order valence-corrected chi connectivity index (χ1v) is 10.8. The van der Waals surface area contributed by atoms with Crippen molar-refractivity contribution < 1.29 is 18.3 Å². The maximum atomic E-state index is 12.9. The van der Waals surface area contributed by atoms with E-state index in [0.717, 1.165) is 41.6 Å². The third kappa shape index (κ3) is 5.99. The smallest absolute Gasteiger partial charge is 0.387 e. The maximum absolute atomic E-state index is 12.9. The van der Waals surface area contributed by atoms with E-state index in [-0.39, 0.29) is 11.9 Å². The molecule has 0 amide bonds. The number of aryl methyl sites for hydroxylation is 1. The number of hydrogen-bond acceptors (Lipinski definition) is 3. The number of halogens is 4. The van der Waals surface area contributed by atoms with E-state index < -0.39 is 6.61 Å². The number of nitrogens with zero attached hydrogens (tertiary/aromatic N) is 1. The van der Waals surface area contributed by atoms with Gasteiger partial charge in [0, 0.05) is 36.3 Å². The van der Waals surface area contributed by atoms with Crippen molar-refractivity contribution in [3.05, 3.63) is 62.0 Å². The Bertz CT molecular complexity index is 798. The molecule has 0 saturated carbocycles. The molecule has 3 nitrogen and oxygen atoms in total. The second-order valence-electron chi connectivity index (χ2n) is 7.01. The minimum absolute atomic E-state index is 0.163. The van der Waals surface area contributed by atoms with Gasteiger partial charge in [-0.15, -0.1) is 0 Å². The van der Waals surface area contributed by atoms with E-state index in [1.807, 2.05) is 19.1 Å². The van der Waals surface area contributed by atoms with Gasteiger partial charge in [0.05, 0.1) is 10.6 Å². The normalized spacial score (nSPS) is 16.9. The molecule has 0 radical (unpaired) electrons. The average Bonchev–Trinajstić information content (AvgIpc) is 3.13. The van der Waals surface area contributed by atoms with Crippen LogP contribution in [0.3, 0.4) is 0 Å². The van der Waals surface area contributed by atoms with Gasteiger partial charge in [-0.25, -0.2) is 0 Å². The topological polar surface area (TPSA) is 21.7 Å². The fraction of sp³-hybridized carbons (Fsp3) is 0.429. The Hall–Kier alpha value is -1.02. The van der Waals surface area contributed by atoms with Crippen molar-refractivity contribution in [2.75, 3.05) is 13.2 Å². The van der Waals surface area contributed by atoms with Crippen LogP contribution in [0.5, 0.6) is 5.75 Å². The van der Waals surface area contributed by atoms with Crippen LogP contribution in [0.1, 0.15) is 29.5 Å². The summed E-state index contributed by atoms with van der Waals surface area (Å²) in [7, 11) is 0. The molecule has 1 saturated heterocycles. The minimum Gasteiger partial charge on any atom is -0.433 e. The molecule has 0 aromatic heterocycles. The van der Waals surface area contributed by atoms with E-state index in [0.29, 0.717) is 17.6 Å². The van der Waals surface area contributed by atoms with Crippen LogP contribution in [0.2, 0.25) is 0 Å². The Morgan fingerprint density at radius 3 is 2.61 bits per heavy atom. The molecule has 2 aromatic carbocycles. The Kier molecular flexibility index (Phi) is 7.85. The van der Waals surface area contributed by atoms with Gasteiger partial charge in [-0.05, 0) is 59.0 Å². The molecule has 28 heavy (non-hydrogen) atoms. The van der Waals surface area contributed by atoms with Crippen molar-refractivity contribution in [1.82, 2.24) is 4.90 Å². The van der Waals surface area contributed by atoms with Crippen LogP contribution in [0, 0.1) is 6.92 Å². The third-order valence-corrected chi connectivity index (χ3v) is 6.10. The average molecular weight is 519 g/mol. The third-order valence-electron chi connectivity index (χ3n) is 4.74. The largest absolute Gasteiger partial charge is 0.433 e. The lowest BCUT2D eigenvalue weighted by Crippen LogP contribution is -2.31. The molecule has 0 N–H and O–H groups in total. The van der Waals surface area contributed by atoms with Gasteiger partial charge in [0.2, 0.25) is 0 Å². The molecule has 1 aliphatic heterocycles. The van der Waals surface area contributed by atoms with E-state index in [2.05, 4.69) is 55.0 Å². The Morgan fingerprint density at radius 1 is 1.14 bits per heavy atom. The molecule has 7 heteroatoms. The fourth-order valence-corrected chi connectivity index (χ4v) is 4.54. The van der Waals surface area contributed by atoms with Crippen LogP contribution in [-0.4, -0.2) is 30.8 Å². The molecule has 152 valence electrons. The Labute approximate surface area is 181 Å². The van der Waals surface area contributed by atoms with Crippen LogP contribution in [0.25, 0.3) is 0 Å². The van der Waals surface area contributed by atoms with Crippen LogP contribution in [0.4, 0.5) is 8.78 Å². The van der Waals surface area contributed by atoms with Gasteiger partial charge >= 0.3 is 6.61 Å². The second kappa shape index (κ2) is 10.1. The van der Waals surface area contributed by atoms with E-state index in [9.17, 15) is 8.78 Å². The lowest BCUT2D eigenvalue weighted by atomic mass is 10.1. The molecule has 3 rings (SSSR count). The highest BCUT2D eigenvalue weighted by molar-refractivity contribution is 9.10. The molecule has 1 atom stereocenters. The highest BCUT2D eigenvalue weighted by Crippen LogP contribution is 2.32. The summed E-state index contributed by atoms with van der Waals surface area (Å²) in [5.74, 6) is 0.192. The highest BCUT2D eigenvalue weighted by Gasteiger charge is 2.22. The number of hydrogen-bond donors (Lipinski definition) is 0. The fourth-order valence-electron chi connectivity index (χ4n) is 3.42. The number of benzene rings is 2. The van der Waals surface area contributed by atoms with Crippen molar-refractivity contribution in [2.24, 2.45) is 0 Å². The summed E-state index contributed by atoms with van der Waals surface area (Å²) in [6.07, 6.45) is 2.24. The minimum atomic E-state index is -2.87. The summed E-state index contributed by atoms with van der Waals surface area (Å²) in [5.41, 5.74) is 3.05. The summed E-state index contributed by atoms with van der Waals surface area (Å²) in [5, 5.41) is 0. The molecule has 0 spiro atoms. The zero-order valence-electron chi connectivity index (χ0n) is 15.6. The molecule has 1 unspecified atom stereocenters. The van der Waals surface area contributed by atoms with Crippen LogP contribution in [-0.2, 0) is 17.8 Å². The van der Waals surface area contributed by atoms with Crippen LogP contribution < -0.4 is 4.74 Å². The molecule has 1 aliphatic rings. The van der Waals surface area contributed by atoms with Crippen molar-refractivity contribution in [2.45, 2.75) is 45.6 Å².